The molecule has 0 aromatic heterocycles. The van der Waals surface area contributed by atoms with Gasteiger partial charge >= 0.3 is 0 Å². The number of hydrogen-bond donors (Lipinski definition) is 2. The van der Waals surface area contributed by atoms with Gasteiger partial charge in [-0.2, -0.15) is 0 Å². The molecule has 49 heavy (non-hydrogen) atoms. The summed E-state index contributed by atoms with van der Waals surface area (Å²) in [5.74, 6) is 0.0841. The lowest BCUT2D eigenvalue weighted by atomic mass is 9.66. The van der Waals surface area contributed by atoms with Crippen molar-refractivity contribution < 1.29 is 15.0 Å². The molecule has 1 spiro atoms. The molecule has 0 aromatic carbocycles. The van der Waals surface area contributed by atoms with E-state index in [4.69, 9.17) is 0 Å². The van der Waals surface area contributed by atoms with Crippen molar-refractivity contribution in [2.24, 2.45) is 16.2 Å². The molecule has 268 valence electrons. The first kappa shape index (κ1) is 42.5. The Morgan fingerprint density at radius 1 is 0.673 bits per heavy atom. The Bertz CT molecular complexity index is 1510. The van der Waals surface area contributed by atoms with Crippen LogP contribution in [-0.4, -0.2) is 32.3 Å². The number of allylic oxidation sites excluding steroid dienone is 19. The van der Waals surface area contributed by atoms with Crippen molar-refractivity contribution in [3.05, 3.63) is 119 Å². The van der Waals surface area contributed by atoms with Gasteiger partial charge in [-0.1, -0.05) is 163 Å². The van der Waals surface area contributed by atoms with Crippen LogP contribution in [0.5, 0.6) is 0 Å². The predicted octanol–water partition coefficient (Wildman–Crippen LogP) is 13.1. The minimum absolute atomic E-state index is 0.0841. The number of ketones is 1. The van der Waals surface area contributed by atoms with E-state index in [1.807, 2.05) is 65.8 Å². The average Bonchev–Trinajstić information content (AvgIpc) is 3.16. The Morgan fingerprint density at radius 2 is 1.16 bits per heavy atom. The van der Waals surface area contributed by atoms with Gasteiger partial charge in [0.15, 0.2) is 5.78 Å². The van der Waals surface area contributed by atoms with E-state index in [1.165, 1.54) is 16.7 Å². The second kappa shape index (κ2) is 18.7. The van der Waals surface area contributed by atoms with Crippen LogP contribution in [-0.2, 0) is 4.79 Å². The smallest absolute Gasteiger partial charge is 0.162 e. The van der Waals surface area contributed by atoms with E-state index in [-0.39, 0.29) is 26.8 Å². The largest absolute Gasteiger partial charge is 0.393 e. The summed E-state index contributed by atoms with van der Waals surface area (Å²) in [6.45, 7) is 21.1. The molecule has 0 aromatic rings. The summed E-state index contributed by atoms with van der Waals surface area (Å²) in [5.41, 5.74) is 6.10. The van der Waals surface area contributed by atoms with Crippen LogP contribution in [0.15, 0.2) is 119 Å². The van der Waals surface area contributed by atoms with Gasteiger partial charge in [-0.3, -0.25) is 4.79 Å². The van der Waals surface area contributed by atoms with Gasteiger partial charge in [-0.25, -0.2) is 0 Å². The molecule has 0 unspecified atom stereocenters. The van der Waals surface area contributed by atoms with E-state index in [1.54, 1.807) is 45.4 Å². The second-order valence-corrected chi connectivity index (χ2v) is 24.7. The number of aliphatic hydroxyl groups excluding tert-OH is 2. The molecule has 2 N–H and O–H groups in total. The minimum Gasteiger partial charge on any atom is -0.393 e. The second-order valence-electron chi connectivity index (χ2n) is 14.7. The van der Waals surface area contributed by atoms with Crippen molar-refractivity contribution >= 4 is 66.7 Å². The first-order valence-electron chi connectivity index (χ1n) is 16.7. The van der Waals surface area contributed by atoms with Gasteiger partial charge in [0, 0.05) is 10.8 Å². The van der Waals surface area contributed by atoms with Crippen LogP contribution in [0.3, 0.4) is 0 Å². The summed E-state index contributed by atoms with van der Waals surface area (Å²) < 4.78 is -0.302. The molecule has 9 heteroatoms. The van der Waals surface area contributed by atoms with Gasteiger partial charge < -0.3 is 10.2 Å². The summed E-state index contributed by atoms with van der Waals surface area (Å²) in [6.07, 6.45) is 29.7. The molecule has 3 nitrogen and oxygen atoms in total. The Morgan fingerprint density at radius 3 is 1.67 bits per heavy atom. The van der Waals surface area contributed by atoms with E-state index < -0.39 is 11.5 Å². The maximum absolute atomic E-state index is 13.0. The van der Waals surface area contributed by atoms with Gasteiger partial charge in [0.1, 0.15) is 4.08 Å². The minimum atomic E-state index is -0.537. The molecule has 1 saturated heterocycles. The molecule has 1 aliphatic heterocycles. The third-order valence-electron chi connectivity index (χ3n) is 10.0. The summed E-state index contributed by atoms with van der Waals surface area (Å²) >= 11 is 0. The highest BCUT2D eigenvalue weighted by atomic mass is 33.9. The monoisotopic (exact) mass is 774 g/mol. The maximum atomic E-state index is 13.0. The number of rotatable bonds is 11. The molecule has 3 aliphatic rings. The van der Waals surface area contributed by atoms with Crippen LogP contribution in [0.4, 0.5) is 0 Å². The zero-order chi connectivity index (χ0) is 36.5. The lowest BCUT2D eigenvalue weighted by Crippen LogP contribution is -2.51. The zero-order valence-corrected chi connectivity index (χ0v) is 35.5. The molecule has 3 rings (SSSR count). The fourth-order valence-corrected chi connectivity index (χ4v) is 22.4. The molecule has 2 aliphatic carbocycles. The summed E-state index contributed by atoms with van der Waals surface area (Å²) in [4.78, 5) is 13.0. The first-order valence-corrected chi connectivity index (χ1v) is 24.2. The van der Waals surface area contributed by atoms with Crippen LogP contribution in [0.25, 0.3) is 0 Å². The van der Waals surface area contributed by atoms with Crippen LogP contribution >= 0.6 is 60.9 Å². The summed E-state index contributed by atoms with van der Waals surface area (Å²) in [7, 11) is 10.8. The SMILES string of the molecule is CC1=C(/C=C/C(C)=C/C=C/C(C)=C/C=C/C=C(C)/C=C/C=C(C)/C=C/C(=O)[C@]2(C)C[C@@H](O)CC2(C)C)C(C)(C)C2(SSSSSS2)[C@H](O)C1. The van der Waals surface area contributed by atoms with E-state index in [9.17, 15) is 15.0 Å². The van der Waals surface area contributed by atoms with Crippen molar-refractivity contribution in [3.63, 3.8) is 0 Å². The van der Waals surface area contributed by atoms with Crippen molar-refractivity contribution in [1.29, 1.82) is 0 Å². The molecule has 0 bridgehead atoms. The van der Waals surface area contributed by atoms with Crippen LogP contribution in [0.2, 0.25) is 0 Å². The fraction of sp³-hybridized carbons (Fsp3) is 0.475. The highest BCUT2D eigenvalue weighted by Gasteiger charge is 2.57. The highest BCUT2D eigenvalue weighted by Crippen LogP contribution is 2.73. The van der Waals surface area contributed by atoms with Gasteiger partial charge in [0.05, 0.1) is 12.2 Å². The Balaban J connectivity index is 1.54. The van der Waals surface area contributed by atoms with E-state index in [0.717, 1.165) is 16.7 Å². The zero-order valence-electron chi connectivity index (χ0n) is 30.6. The van der Waals surface area contributed by atoms with Crippen molar-refractivity contribution in [1.82, 2.24) is 0 Å². The fourth-order valence-electron chi connectivity index (χ4n) is 6.52. The maximum Gasteiger partial charge on any atom is 0.162 e. The molecule has 1 saturated carbocycles. The quantitative estimate of drug-likeness (QED) is 0.121. The van der Waals surface area contributed by atoms with Crippen molar-refractivity contribution in [2.45, 2.75) is 105 Å². The van der Waals surface area contributed by atoms with Gasteiger partial charge in [0.2, 0.25) is 0 Å². The van der Waals surface area contributed by atoms with E-state index in [0.29, 0.717) is 19.3 Å². The van der Waals surface area contributed by atoms with Crippen LogP contribution < -0.4 is 0 Å². The van der Waals surface area contributed by atoms with Crippen molar-refractivity contribution in [2.75, 3.05) is 0 Å². The van der Waals surface area contributed by atoms with E-state index >= 15 is 0 Å². The standard InChI is InChI=1S/C40H54O3S6/c1-28(15-11-12-16-29(2)18-14-20-31(4)22-24-35(42)39(10)27-33(41)26-37(39,6)7)17-13-19-30(3)21-23-34-32(5)25-36(43)40(38(34,8)9)44-46-48-49-47-45-40/h11-24,33,36,41,43H,25-27H2,1-10H3/b12-11+,17-13+,18-14+,23-21+,24-22+,28-15+,29-16+,30-19+,31-20+/t33-,36+,39-/m0/s1. The van der Waals surface area contributed by atoms with Gasteiger partial charge in [0.25, 0.3) is 0 Å². The summed E-state index contributed by atoms with van der Waals surface area (Å²) in [6, 6.07) is 0. The first-order chi connectivity index (χ1) is 22.9. The molecule has 0 radical (unpaired) electrons. The molecule has 1 heterocycles. The molecule has 2 fully saturated rings. The topological polar surface area (TPSA) is 57.5 Å². The highest BCUT2D eigenvalue weighted by molar-refractivity contribution is 9.44. The lowest BCUT2D eigenvalue weighted by molar-refractivity contribution is -0.127. The third-order valence-corrected chi connectivity index (χ3v) is 23.3. The Hall–Kier alpha value is -0.910. The third kappa shape index (κ3) is 11.0. The predicted molar refractivity (Wildman–Crippen MR) is 228 cm³/mol. The average molecular weight is 775 g/mol. The Labute approximate surface area is 319 Å². The molecular weight excluding hydrogens is 721 g/mol. The Kier molecular flexibility index (Phi) is 16.2. The van der Waals surface area contributed by atoms with Crippen LogP contribution in [0.1, 0.15) is 88.5 Å². The number of hydrogen-bond acceptors (Lipinski definition) is 9. The van der Waals surface area contributed by atoms with Gasteiger partial charge in [-0.15, -0.1) is 0 Å². The molecule has 3 atom stereocenters. The van der Waals surface area contributed by atoms with E-state index in [2.05, 4.69) is 104 Å². The number of aliphatic hydroxyl groups is 2. The lowest BCUT2D eigenvalue weighted by Gasteiger charge is -2.51. The van der Waals surface area contributed by atoms with Crippen molar-refractivity contribution in [3.8, 4) is 0 Å². The summed E-state index contributed by atoms with van der Waals surface area (Å²) in [5, 5.41) is 21.4. The number of carbonyl (C=O) groups excluding carboxylic acids is 1. The number of carbonyl (C=O) groups is 1. The van der Waals surface area contributed by atoms with Gasteiger partial charge in [-0.05, 0) is 110 Å². The molecular formula is C40H54O3S6. The normalized spacial score (nSPS) is 28.7. The van der Waals surface area contributed by atoms with Crippen LogP contribution in [0, 0.1) is 16.2 Å². The molecule has 0 amide bonds.